The van der Waals surface area contributed by atoms with E-state index in [-0.39, 0.29) is 11.5 Å². The minimum atomic E-state index is -0.402. The number of halogens is 2. The number of aryl methyl sites for hydroxylation is 1. The number of benzene rings is 1. The highest BCUT2D eigenvalue weighted by atomic mass is 127. The number of ether oxygens (including phenoxy) is 1. The van der Waals surface area contributed by atoms with E-state index < -0.39 is 5.82 Å². The summed E-state index contributed by atoms with van der Waals surface area (Å²) < 4.78 is 19.3. The Balaban J connectivity index is 3.09. The van der Waals surface area contributed by atoms with E-state index >= 15 is 0 Å². The van der Waals surface area contributed by atoms with E-state index in [0.29, 0.717) is 6.61 Å². The maximum atomic E-state index is 13.4. The average molecular weight is 307 g/mol. The molecule has 1 aromatic carbocycles. The van der Waals surface area contributed by atoms with Gasteiger partial charge in [0.2, 0.25) is 5.90 Å². The van der Waals surface area contributed by atoms with Crippen LogP contribution in [0.2, 0.25) is 0 Å². The first-order valence-corrected chi connectivity index (χ1v) is 5.31. The predicted octanol–water partition coefficient (Wildman–Crippen LogP) is 3.10. The molecule has 0 saturated carbocycles. The van der Waals surface area contributed by atoms with Crippen LogP contribution in [0.1, 0.15) is 18.1 Å². The monoisotopic (exact) mass is 307 g/mol. The largest absolute Gasteiger partial charge is 0.478 e. The van der Waals surface area contributed by atoms with Gasteiger partial charge in [-0.15, -0.1) is 0 Å². The molecule has 0 aromatic heterocycles. The molecule has 0 bridgehead atoms. The summed E-state index contributed by atoms with van der Waals surface area (Å²) in [6, 6.07) is 3.05. The second kappa shape index (κ2) is 4.72. The van der Waals surface area contributed by atoms with Crippen LogP contribution in [0.5, 0.6) is 0 Å². The summed E-state index contributed by atoms with van der Waals surface area (Å²) in [5, 5.41) is 7.47. The standard InChI is InChI=1S/C10H11FINO/c1-3-14-10(13)7-5-9(12)6(2)4-8(7)11/h4-5,13H,3H2,1-2H3. The molecule has 0 aliphatic rings. The molecule has 76 valence electrons. The summed E-state index contributed by atoms with van der Waals surface area (Å²) in [6.45, 7) is 3.98. The summed E-state index contributed by atoms with van der Waals surface area (Å²) in [5.41, 5.74) is 1.10. The van der Waals surface area contributed by atoms with E-state index in [2.05, 4.69) is 22.6 Å². The third kappa shape index (κ3) is 2.43. The van der Waals surface area contributed by atoms with Gasteiger partial charge in [-0.25, -0.2) is 4.39 Å². The third-order valence-electron chi connectivity index (χ3n) is 1.78. The Morgan fingerprint density at radius 1 is 1.57 bits per heavy atom. The Bertz CT molecular complexity index is 365. The van der Waals surface area contributed by atoms with Crippen molar-refractivity contribution in [2.75, 3.05) is 6.61 Å². The number of nitrogens with one attached hydrogen (secondary N) is 1. The van der Waals surface area contributed by atoms with Crippen LogP contribution in [0, 0.1) is 21.7 Å². The molecule has 0 amide bonds. The van der Waals surface area contributed by atoms with Gasteiger partial charge in [-0.2, -0.15) is 0 Å². The Morgan fingerprint density at radius 2 is 2.21 bits per heavy atom. The Hall–Kier alpha value is -0.650. The molecule has 0 saturated heterocycles. The van der Waals surface area contributed by atoms with Gasteiger partial charge in [0.1, 0.15) is 5.82 Å². The van der Waals surface area contributed by atoms with Crippen molar-refractivity contribution in [3.05, 3.63) is 32.6 Å². The molecule has 2 nitrogen and oxygen atoms in total. The van der Waals surface area contributed by atoms with E-state index in [1.54, 1.807) is 13.0 Å². The summed E-state index contributed by atoms with van der Waals surface area (Å²) in [7, 11) is 0. The SMILES string of the molecule is CCOC(=N)c1cc(I)c(C)cc1F. The Morgan fingerprint density at radius 3 is 2.79 bits per heavy atom. The van der Waals surface area contributed by atoms with Gasteiger partial charge in [-0.05, 0) is 54.1 Å². The van der Waals surface area contributed by atoms with Gasteiger partial charge in [0.05, 0.1) is 12.2 Å². The maximum absolute atomic E-state index is 13.4. The minimum absolute atomic E-state index is 0.108. The Kier molecular flexibility index (Phi) is 3.86. The molecule has 14 heavy (non-hydrogen) atoms. The highest BCUT2D eigenvalue weighted by Crippen LogP contribution is 2.17. The van der Waals surface area contributed by atoms with Crippen molar-refractivity contribution in [3.8, 4) is 0 Å². The topological polar surface area (TPSA) is 33.1 Å². The molecular formula is C10H11FINO. The van der Waals surface area contributed by atoms with Gasteiger partial charge in [0.25, 0.3) is 0 Å². The van der Waals surface area contributed by atoms with Crippen molar-refractivity contribution < 1.29 is 9.13 Å². The molecular weight excluding hydrogens is 296 g/mol. The zero-order valence-corrected chi connectivity index (χ0v) is 10.2. The van der Waals surface area contributed by atoms with Gasteiger partial charge < -0.3 is 4.74 Å². The summed E-state index contributed by atoms with van der Waals surface area (Å²) in [4.78, 5) is 0. The van der Waals surface area contributed by atoms with Crippen molar-refractivity contribution in [2.24, 2.45) is 0 Å². The molecule has 1 rings (SSSR count). The molecule has 0 aliphatic carbocycles. The first-order valence-electron chi connectivity index (χ1n) is 4.23. The van der Waals surface area contributed by atoms with E-state index in [1.807, 2.05) is 6.92 Å². The van der Waals surface area contributed by atoms with Crippen LogP contribution in [-0.4, -0.2) is 12.5 Å². The highest BCUT2D eigenvalue weighted by molar-refractivity contribution is 14.1. The Labute approximate surface area is 96.1 Å². The molecule has 0 aliphatic heterocycles. The van der Waals surface area contributed by atoms with Crippen molar-refractivity contribution in [1.29, 1.82) is 5.41 Å². The minimum Gasteiger partial charge on any atom is -0.478 e. The lowest BCUT2D eigenvalue weighted by molar-refractivity contribution is 0.324. The third-order valence-corrected chi connectivity index (χ3v) is 2.94. The first kappa shape index (κ1) is 11.4. The van der Waals surface area contributed by atoms with Crippen molar-refractivity contribution >= 4 is 28.5 Å². The fraction of sp³-hybridized carbons (Fsp3) is 0.300. The van der Waals surface area contributed by atoms with Gasteiger partial charge >= 0.3 is 0 Å². The average Bonchev–Trinajstić information content (AvgIpc) is 2.11. The van der Waals surface area contributed by atoms with Gasteiger partial charge in [0.15, 0.2) is 0 Å². The van der Waals surface area contributed by atoms with Crippen LogP contribution < -0.4 is 0 Å². The molecule has 0 radical (unpaired) electrons. The lowest BCUT2D eigenvalue weighted by Crippen LogP contribution is -2.08. The van der Waals surface area contributed by atoms with Crippen LogP contribution in [0.4, 0.5) is 4.39 Å². The van der Waals surface area contributed by atoms with Crippen LogP contribution >= 0.6 is 22.6 Å². The quantitative estimate of drug-likeness (QED) is 0.508. The van der Waals surface area contributed by atoms with Crippen molar-refractivity contribution in [2.45, 2.75) is 13.8 Å². The smallest absolute Gasteiger partial charge is 0.216 e. The molecule has 4 heteroatoms. The second-order valence-corrected chi connectivity index (χ2v) is 4.01. The van der Waals surface area contributed by atoms with Gasteiger partial charge in [-0.3, -0.25) is 5.41 Å². The second-order valence-electron chi connectivity index (χ2n) is 2.84. The lowest BCUT2D eigenvalue weighted by atomic mass is 10.1. The highest BCUT2D eigenvalue weighted by Gasteiger charge is 2.11. The summed E-state index contributed by atoms with van der Waals surface area (Å²) >= 11 is 2.11. The zero-order chi connectivity index (χ0) is 10.7. The summed E-state index contributed by atoms with van der Waals surface area (Å²) in [5.74, 6) is -0.510. The number of rotatable bonds is 2. The fourth-order valence-electron chi connectivity index (χ4n) is 1.04. The molecule has 0 fully saturated rings. The zero-order valence-electron chi connectivity index (χ0n) is 8.03. The number of hydrogen-bond acceptors (Lipinski definition) is 2. The van der Waals surface area contributed by atoms with E-state index in [4.69, 9.17) is 10.1 Å². The van der Waals surface area contributed by atoms with Crippen molar-refractivity contribution in [1.82, 2.24) is 0 Å². The normalized spacial score (nSPS) is 10.0. The van der Waals surface area contributed by atoms with E-state index in [0.717, 1.165) is 9.13 Å². The van der Waals surface area contributed by atoms with E-state index in [9.17, 15) is 4.39 Å². The lowest BCUT2D eigenvalue weighted by Gasteiger charge is -2.07. The molecule has 1 N–H and O–H groups in total. The van der Waals surface area contributed by atoms with E-state index in [1.165, 1.54) is 6.07 Å². The molecule has 0 unspecified atom stereocenters. The van der Waals surface area contributed by atoms with Crippen molar-refractivity contribution in [3.63, 3.8) is 0 Å². The van der Waals surface area contributed by atoms with Crippen LogP contribution in [0.3, 0.4) is 0 Å². The van der Waals surface area contributed by atoms with Crippen LogP contribution in [0.25, 0.3) is 0 Å². The summed E-state index contributed by atoms with van der Waals surface area (Å²) in [6.07, 6.45) is 0. The molecule has 0 atom stereocenters. The molecule has 0 spiro atoms. The maximum Gasteiger partial charge on any atom is 0.216 e. The van der Waals surface area contributed by atoms with Gasteiger partial charge in [-0.1, -0.05) is 0 Å². The van der Waals surface area contributed by atoms with Gasteiger partial charge in [0, 0.05) is 3.57 Å². The molecule has 0 heterocycles. The fourth-order valence-corrected chi connectivity index (χ4v) is 1.51. The number of hydrogen-bond donors (Lipinski definition) is 1. The molecule has 1 aromatic rings. The predicted molar refractivity (Wildman–Crippen MR) is 62.3 cm³/mol. The first-order chi connectivity index (χ1) is 6.56. The van der Waals surface area contributed by atoms with Crippen LogP contribution in [-0.2, 0) is 4.74 Å². The van der Waals surface area contributed by atoms with Crippen LogP contribution in [0.15, 0.2) is 12.1 Å².